The van der Waals surface area contributed by atoms with Gasteiger partial charge in [-0.05, 0) is 41.7 Å². The van der Waals surface area contributed by atoms with E-state index in [4.69, 9.17) is 5.73 Å². The summed E-state index contributed by atoms with van der Waals surface area (Å²) in [6.45, 7) is 0. The Hall–Kier alpha value is -2.21. The molecule has 0 radical (unpaired) electrons. The van der Waals surface area contributed by atoms with Crippen molar-refractivity contribution in [3.05, 3.63) is 65.3 Å². The predicted octanol–water partition coefficient (Wildman–Crippen LogP) is 4.03. The second-order valence-corrected chi connectivity index (χ2v) is 5.71. The molecule has 2 N–H and O–H groups in total. The molecule has 2 heterocycles. The third kappa shape index (κ3) is 3.01. The molecule has 112 valence electrons. The van der Waals surface area contributed by atoms with E-state index in [0.717, 1.165) is 0 Å². The van der Waals surface area contributed by atoms with E-state index in [-0.39, 0.29) is 5.82 Å². The van der Waals surface area contributed by atoms with Gasteiger partial charge in [-0.25, -0.2) is 9.37 Å². The molecule has 1 aliphatic rings. The van der Waals surface area contributed by atoms with Crippen LogP contribution < -0.4 is 5.73 Å². The third-order valence-corrected chi connectivity index (χ3v) is 4.03. The molecule has 6 heteroatoms. The van der Waals surface area contributed by atoms with Crippen LogP contribution in [0, 0.1) is 11.8 Å². The van der Waals surface area contributed by atoms with Crippen molar-refractivity contribution in [2.24, 2.45) is 10.7 Å². The number of nitrogens with two attached hydrogens (primary N) is 1. The minimum atomic E-state index is -0.584. The topological polar surface area (TPSA) is 51.3 Å². The van der Waals surface area contributed by atoms with Crippen LogP contribution in [0.15, 0.2) is 53.0 Å². The van der Waals surface area contributed by atoms with E-state index in [1.807, 2.05) is 11.5 Å². The largest absolute Gasteiger partial charge is 0.378 e. The van der Waals surface area contributed by atoms with Crippen LogP contribution in [0.3, 0.4) is 0 Å². The van der Waals surface area contributed by atoms with E-state index in [2.05, 4.69) is 9.98 Å². The van der Waals surface area contributed by atoms with Crippen LogP contribution >= 0.6 is 11.8 Å². The number of pyridine rings is 1. The Labute approximate surface area is 131 Å². The van der Waals surface area contributed by atoms with E-state index >= 15 is 0 Å². The van der Waals surface area contributed by atoms with Crippen molar-refractivity contribution in [3.8, 4) is 11.1 Å². The average molecular weight is 317 g/mol. The fraction of sp³-hybridized carbons (Fsp3) is 0.125. The first-order valence-electron chi connectivity index (χ1n) is 6.70. The SMILES string of the molecule is NC1=N[C@H](c2cc(-c3cccnc3F)ccc2F)CC=CS1. The minimum absolute atomic E-state index is 0.333. The Bertz CT molecular complexity index is 759. The lowest BCUT2D eigenvalue weighted by Gasteiger charge is -2.13. The zero-order chi connectivity index (χ0) is 15.5. The van der Waals surface area contributed by atoms with Crippen LogP contribution in [-0.2, 0) is 0 Å². The van der Waals surface area contributed by atoms with Gasteiger partial charge in [-0.3, -0.25) is 4.99 Å². The van der Waals surface area contributed by atoms with Crippen molar-refractivity contribution in [3.63, 3.8) is 0 Å². The van der Waals surface area contributed by atoms with Crippen molar-refractivity contribution in [2.75, 3.05) is 0 Å². The van der Waals surface area contributed by atoms with E-state index in [0.29, 0.717) is 28.3 Å². The normalized spacial score (nSPS) is 17.9. The lowest BCUT2D eigenvalue weighted by molar-refractivity contribution is 0.581. The molecule has 0 spiro atoms. The second-order valence-electron chi connectivity index (χ2n) is 4.79. The Morgan fingerprint density at radius 2 is 2.09 bits per heavy atom. The summed E-state index contributed by atoms with van der Waals surface area (Å²) in [5.74, 6) is -0.964. The number of thioether (sulfide) groups is 1. The summed E-state index contributed by atoms with van der Waals surface area (Å²) in [4.78, 5) is 7.93. The molecule has 2 aromatic rings. The fourth-order valence-corrected chi connectivity index (χ4v) is 2.84. The van der Waals surface area contributed by atoms with Gasteiger partial charge in [0.25, 0.3) is 0 Å². The number of hydrogen-bond donors (Lipinski definition) is 1. The van der Waals surface area contributed by atoms with Crippen molar-refractivity contribution in [1.82, 2.24) is 4.98 Å². The Morgan fingerprint density at radius 3 is 2.91 bits per heavy atom. The highest BCUT2D eigenvalue weighted by Gasteiger charge is 2.18. The predicted molar refractivity (Wildman–Crippen MR) is 85.3 cm³/mol. The summed E-state index contributed by atoms with van der Waals surface area (Å²) in [5, 5.41) is 2.22. The van der Waals surface area contributed by atoms with Gasteiger partial charge in [-0.1, -0.05) is 23.9 Å². The maximum Gasteiger partial charge on any atom is 0.220 e. The van der Waals surface area contributed by atoms with Gasteiger partial charge in [0, 0.05) is 17.3 Å². The van der Waals surface area contributed by atoms with E-state index in [1.165, 1.54) is 30.1 Å². The number of aliphatic imine (C=N–C) groups is 1. The highest BCUT2D eigenvalue weighted by atomic mass is 32.2. The summed E-state index contributed by atoms with van der Waals surface area (Å²) < 4.78 is 28.0. The van der Waals surface area contributed by atoms with Crippen LogP contribution in [0.5, 0.6) is 0 Å². The van der Waals surface area contributed by atoms with Crippen LogP contribution in [0.4, 0.5) is 8.78 Å². The minimum Gasteiger partial charge on any atom is -0.378 e. The number of rotatable bonds is 2. The van der Waals surface area contributed by atoms with E-state index in [9.17, 15) is 8.78 Å². The second kappa shape index (κ2) is 6.27. The van der Waals surface area contributed by atoms with Gasteiger partial charge in [0.1, 0.15) is 5.82 Å². The first kappa shape index (κ1) is 14.7. The first-order valence-corrected chi connectivity index (χ1v) is 7.58. The van der Waals surface area contributed by atoms with Crippen LogP contribution in [0.1, 0.15) is 18.0 Å². The number of nitrogens with zero attached hydrogens (tertiary/aromatic N) is 2. The number of aromatic nitrogens is 1. The highest BCUT2D eigenvalue weighted by Crippen LogP contribution is 2.32. The quantitative estimate of drug-likeness (QED) is 0.851. The zero-order valence-corrected chi connectivity index (χ0v) is 12.4. The van der Waals surface area contributed by atoms with Crippen molar-refractivity contribution in [1.29, 1.82) is 0 Å². The molecular weight excluding hydrogens is 304 g/mol. The number of halogens is 2. The maximum atomic E-state index is 14.2. The average Bonchev–Trinajstić information content (AvgIpc) is 2.73. The van der Waals surface area contributed by atoms with Gasteiger partial charge in [0.15, 0.2) is 5.17 Å². The lowest BCUT2D eigenvalue weighted by atomic mass is 9.98. The highest BCUT2D eigenvalue weighted by molar-refractivity contribution is 8.16. The van der Waals surface area contributed by atoms with Crippen LogP contribution in [-0.4, -0.2) is 10.2 Å². The Kier molecular flexibility index (Phi) is 4.20. The van der Waals surface area contributed by atoms with Crippen LogP contribution in [0.25, 0.3) is 11.1 Å². The zero-order valence-electron chi connectivity index (χ0n) is 11.5. The molecular formula is C16H13F2N3S. The molecule has 1 atom stereocenters. The van der Waals surface area contributed by atoms with E-state index < -0.39 is 12.0 Å². The Balaban J connectivity index is 2.06. The Morgan fingerprint density at radius 1 is 1.23 bits per heavy atom. The molecule has 0 aliphatic carbocycles. The summed E-state index contributed by atoms with van der Waals surface area (Å²) >= 11 is 1.30. The standard InChI is InChI=1S/C16H13F2N3S/c17-13-6-5-10(11-3-1-7-20-15(11)18)9-12(13)14-4-2-8-22-16(19)21-14/h1-3,5-9,14H,4H2,(H2,19,21)/t14-/m0/s1. The van der Waals surface area contributed by atoms with E-state index in [1.54, 1.807) is 18.2 Å². The molecule has 0 bridgehead atoms. The summed E-state index contributed by atoms with van der Waals surface area (Å²) in [5.41, 5.74) is 7.05. The summed E-state index contributed by atoms with van der Waals surface area (Å²) in [6.07, 6.45) is 3.82. The van der Waals surface area contributed by atoms with Crippen molar-refractivity contribution >= 4 is 16.9 Å². The fourth-order valence-electron chi connectivity index (χ4n) is 2.30. The molecule has 3 nitrogen and oxygen atoms in total. The molecule has 3 rings (SSSR count). The number of hydrogen-bond acceptors (Lipinski definition) is 4. The monoisotopic (exact) mass is 317 g/mol. The lowest BCUT2D eigenvalue weighted by Crippen LogP contribution is -2.08. The number of amidine groups is 1. The molecule has 0 saturated heterocycles. The molecule has 22 heavy (non-hydrogen) atoms. The smallest absolute Gasteiger partial charge is 0.220 e. The van der Waals surface area contributed by atoms with Gasteiger partial charge < -0.3 is 5.73 Å². The van der Waals surface area contributed by atoms with Crippen molar-refractivity contribution < 1.29 is 8.78 Å². The molecule has 1 aliphatic heterocycles. The van der Waals surface area contributed by atoms with Gasteiger partial charge in [0.2, 0.25) is 5.95 Å². The third-order valence-electron chi connectivity index (χ3n) is 3.35. The van der Waals surface area contributed by atoms with Crippen molar-refractivity contribution in [2.45, 2.75) is 12.5 Å². The number of benzene rings is 1. The van der Waals surface area contributed by atoms with Gasteiger partial charge in [-0.2, -0.15) is 4.39 Å². The van der Waals surface area contributed by atoms with Crippen LogP contribution in [0.2, 0.25) is 0 Å². The first-order chi connectivity index (χ1) is 10.6. The summed E-state index contributed by atoms with van der Waals surface area (Å²) in [6, 6.07) is 7.31. The molecule has 0 fully saturated rings. The molecule has 0 unspecified atom stereocenters. The molecule has 1 aromatic heterocycles. The summed E-state index contributed by atoms with van der Waals surface area (Å²) in [7, 11) is 0. The molecule has 1 aromatic carbocycles. The molecule has 0 amide bonds. The van der Waals surface area contributed by atoms with Gasteiger partial charge in [0.05, 0.1) is 6.04 Å². The molecule has 0 saturated carbocycles. The maximum absolute atomic E-state index is 14.2. The van der Waals surface area contributed by atoms with Gasteiger partial charge in [-0.15, -0.1) is 0 Å². The van der Waals surface area contributed by atoms with Gasteiger partial charge >= 0.3 is 0 Å².